The van der Waals surface area contributed by atoms with Crippen LogP contribution in [-0.4, -0.2) is 47.6 Å². The number of hydrogen-bond donors (Lipinski definition) is 2. The Kier molecular flexibility index (Phi) is 5.33. The highest BCUT2D eigenvalue weighted by atomic mass is 16.7. The summed E-state index contributed by atoms with van der Waals surface area (Å²) in [6.07, 6.45) is 0. The fraction of sp³-hybridized carbons (Fsp3) is 0.120. The zero-order valence-corrected chi connectivity index (χ0v) is 18.4. The van der Waals surface area contributed by atoms with Gasteiger partial charge < -0.3 is 24.6 Å². The molecule has 0 atom stereocenters. The molecule has 0 radical (unpaired) electrons. The summed E-state index contributed by atoms with van der Waals surface area (Å²) < 4.78 is 15.2. The van der Waals surface area contributed by atoms with Crippen molar-refractivity contribution in [2.75, 3.05) is 19.2 Å². The summed E-state index contributed by atoms with van der Waals surface area (Å²) in [5.41, 5.74) is 0.934. The van der Waals surface area contributed by atoms with Crippen molar-refractivity contribution in [3.8, 4) is 17.2 Å². The first-order valence-corrected chi connectivity index (χ1v) is 10.5. The molecule has 2 N–H and O–H groups in total. The molecule has 0 fully saturated rings. The van der Waals surface area contributed by atoms with Gasteiger partial charge in [0.2, 0.25) is 6.79 Å². The number of aromatic hydroxyl groups is 1. The van der Waals surface area contributed by atoms with Crippen molar-refractivity contribution < 1.29 is 38.5 Å². The second-order valence-electron chi connectivity index (χ2n) is 7.79. The second-order valence-corrected chi connectivity index (χ2v) is 7.79. The largest absolute Gasteiger partial charge is 0.505 e. The summed E-state index contributed by atoms with van der Waals surface area (Å²) in [5.74, 6) is -1.73. The smallest absolute Gasteiger partial charge is 0.341 e. The minimum absolute atomic E-state index is 0.00904. The standard InChI is InChI=1S/C25H18N2O8/c1-33-25(32)16-3-2-4-18(21(16)28)26-22(29)14-6-7-15-17(10-14)24(31)27(23(15)30)11-13-5-8-19-20(9-13)35-12-34-19/h2-10,28H,11-12H2,1H3,(H,26,29). The van der Waals surface area contributed by atoms with Crippen molar-refractivity contribution in [3.63, 3.8) is 0 Å². The summed E-state index contributed by atoms with van der Waals surface area (Å²) in [4.78, 5) is 51.6. The third-order valence-corrected chi connectivity index (χ3v) is 5.70. The number of methoxy groups -OCH3 is 1. The van der Waals surface area contributed by atoms with Crippen LogP contribution in [0.2, 0.25) is 0 Å². The summed E-state index contributed by atoms with van der Waals surface area (Å²) in [6, 6.07) is 13.5. The Morgan fingerprint density at radius 1 is 1.00 bits per heavy atom. The molecule has 0 saturated carbocycles. The lowest BCUT2D eigenvalue weighted by atomic mass is 10.0. The topological polar surface area (TPSA) is 131 Å². The van der Waals surface area contributed by atoms with Crippen LogP contribution in [0.25, 0.3) is 0 Å². The molecule has 2 aliphatic heterocycles. The van der Waals surface area contributed by atoms with Gasteiger partial charge in [-0.1, -0.05) is 12.1 Å². The second kappa shape index (κ2) is 8.49. The zero-order valence-electron chi connectivity index (χ0n) is 18.4. The van der Waals surface area contributed by atoms with Crippen LogP contribution in [0.15, 0.2) is 54.6 Å². The highest BCUT2D eigenvalue weighted by Gasteiger charge is 2.36. The molecule has 0 aromatic heterocycles. The van der Waals surface area contributed by atoms with Gasteiger partial charge in [-0.3, -0.25) is 19.3 Å². The Balaban J connectivity index is 1.36. The zero-order chi connectivity index (χ0) is 24.7. The Morgan fingerprint density at radius 2 is 1.77 bits per heavy atom. The SMILES string of the molecule is COC(=O)c1cccc(NC(=O)c2ccc3c(c2)C(=O)N(Cc2ccc4c(c2)OCO4)C3=O)c1O. The number of hydrogen-bond acceptors (Lipinski definition) is 8. The molecule has 10 heteroatoms. The van der Waals surface area contributed by atoms with E-state index in [1.165, 1.54) is 43.5 Å². The number of rotatable bonds is 5. The number of imide groups is 1. The molecule has 10 nitrogen and oxygen atoms in total. The number of para-hydroxylation sites is 1. The van der Waals surface area contributed by atoms with E-state index in [-0.39, 0.29) is 41.3 Å². The summed E-state index contributed by atoms with van der Waals surface area (Å²) in [7, 11) is 1.17. The quantitative estimate of drug-likeness (QED) is 0.328. The van der Waals surface area contributed by atoms with Gasteiger partial charge in [0.1, 0.15) is 5.56 Å². The molecule has 35 heavy (non-hydrogen) atoms. The van der Waals surface area contributed by atoms with Crippen molar-refractivity contribution in [1.82, 2.24) is 4.90 Å². The van der Waals surface area contributed by atoms with Gasteiger partial charge in [-0.15, -0.1) is 0 Å². The molecular formula is C25H18N2O8. The van der Waals surface area contributed by atoms with E-state index in [9.17, 15) is 24.3 Å². The number of amides is 3. The van der Waals surface area contributed by atoms with Gasteiger partial charge in [-0.25, -0.2) is 4.79 Å². The Bertz CT molecular complexity index is 1410. The molecular weight excluding hydrogens is 456 g/mol. The number of benzene rings is 3. The molecule has 176 valence electrons. The average Bonchev–Trinajstić information content (AvgIpc) is 3.43. The van der Waals surface area contributed by atoms with Gasteiger partial charge in [0.15, 0.2) is 17.2 Å². The first kappa shape index (κ1) is 22.0. The third-order valence-electron chi connectivity index (χ3n) is 5.70. The fourth-order valence-corrected chi connectivity index (χ4v) is 3.91. The lowest BCUT2D eigenvalue weighted by Crippen LogP contribution is -2.29. The summed E-state index contributed by atoms with van der Waals surface area (Å²) >= 11 is 0. The van der Waals surface area contributed by atoms with E-state index in [4.69, 9.17) is 9.47 Å². The van der Waals surface area contributed by atoms with Gasteiger partial charge in [0, 0.05) is 5.56 Å². The number of ether oxygens (including phenoxy) is 3. The van der Waals surface area contributed by atoms with Gasteiger partial charge in [-0.2, -0.15) is 0 Å². The minimum Gasteiger partial charge on any atom is -0.505 e. The predicted octanol–water partition coefficient (Wildman–Crippen LogP) is 2.96. The predicted molar refractivity (Wildman–Crippen MR) is 121 cm³/mol. The maximum absolute atomic E-state index is 13.0. The monoisotopic (exact) mass is 474 g/mol. The lowest BCUT2D eigenvalue weighted by molar-refractivity contribution is 0.0594. The first-order chi connectivity index (χ1) is 16.9. The third kappa shape index (κ3) is 3.80. The normalized spacial score (nSPS) is 13.6. The van der Waals surface area contributed by atoms with Gasteiger partial charge in [-0.05, 0) is 48.0 Å². The number of esters is 1. The molecule has 0 bridgehead atoms. The van der Waals surface area contributed by atoms with E-state index in [0.29, 0.717) is 17.1 Å². The summed E-state index contributed by atoms with van der Waals surface area (Å²) in [5, 5.41) is 12.8. The number of phenolic OH excluding ortho intramolecular Hbond substituents is 1. The highest BCUT2D eigenvalue weighted by Crippen LogP contribution is 2.34. The van der Waals surface area contributed by atoms with Crippen molar-refractivity contribution >= 4 is 29.4 Å². The lowest BCUT2D eigenvalue weighted by Gasteiger charge is -2.14. The number of anilines is 1. The van der Waals surface area contributed by atoms with Crippen molar-refractivity contribution in [2.24, 2.45) is 0 Å². The highest BCUT2D eigenvalue weighted by molar-refractivity contribution is 6.22. The van der Waals surface area contributed by atoms with E-state index in [2.05, 4.69) is 10.1 Å². The van der Waals surface area contributed by atoms with Crippen LogP contribution in [0.5, 0.6) is 17.2 Å². The van der Waals surface area contributed by atoms with Crippen LogP contribution in [0, 0.1) is 0 Å². The Morgan fingerprint density at radius 3 is 2.57 bits per heavy atom. The number of nitrogens with zero attached hydrogens (tertiary/aromatic N) is 1. The van der Waals surface area contributed by atoms with Gasteiger partial charge in [0.05, 0.1) is 30.5 Å². The van der Waals surface area contributed by atoms with Gasteiger partial charge in [0.25, 0.3) is 17.7 Å². The molecule has 0 saturated heterocycles. The van der Waals surface area contributed by atoms with Crippen LogP contribution in [0.3, 0.4) is 0 Å². The van der Waals surface area contributed by atoms with E-state index >= 15 is 0 Å². The molecule has 3 aromatic carbocycles. The molecule has 0 aliphatic carbocycles. The molecule has 2 aliphatic rings. The van der Waals surface area contributed by atoms with E-state index in [1.807, 2.05) is 0 Å². The van der Waals surface area contributed by atoms with Crippen LogP contribution in [0.4, 0.5) is 5.69 Å². The van der Waals surface area contributed by atoms with Crippen molar-refractivity contribution in [3.05, 3.63) is 82.4 Å². The number of fused-ring (bicyclic) bond motifs is 2. The van der Waals surface area contributed by atoms with Gasteiger partial charge >= 0.3 is 5.97 Å². The number of phenols is 1. The minimum atomic E-state index is -0.761. The maximum atomic E-state index is 13.0. The number of carbonyl (C=O) groups excluding carboxylic acids is 4. The average molecular weight is 474 g/mol. The van der Waals surface area contributed by atoms with Crippen LogP contribution >= 0.6 is 0 Å². The first-order valence-electron chi connectivity index (χ1n) is 10.5. The number of carbonyl (C=O) groups is 4. The molecule has 2 heterocycles. The molecule has 3 aromatic rings. The van der Waals surface area contributed by atoms with E-state index in [1.54, 1.807) is 18.2 Å². The molecule has 0 unspecified atom stereocenters. The van der Waals surface area contributed by atoms with Crippen LogP contribution < -0.4 is 14.8 Å². The van der Waals surface area contributed by atoms with Crippen LogP contribution in [-0.2, 0) is 11.3 Å². The summed E-state index contributed by atoms with van der Waals surface area (Å²) in [6.45, 7) is 0.139. The van der Waals surface area contributed by atoms with Crippen LogP contribution in [0.1, 0.15) is 47.0 Å². The van der Waals surface area contributed by atoms with Crippen molar-refractivity contribution in [2.45, 2.75) is 6.54 Å². The Labute approximate surface area is 198 Å². The molecule has 5 rings (SSSR count). The molecule has 3 amide bonds. The molecule has 0 spiro atoms. The van der Waals surface area contributed by atoms with E-state index < -0.39 is 29.4 Å². The van der Waals surface area contributed by atoms with E-state index in [0.717, 1.165) is 4.90 Å². The maximum Gasteiger partial charge on any atom is 0.341 e. The Hall–Kier alpha value is -4.86. The number of nitrogens with one attached hydrogen (secondary N) is 1. The fourth-order valence-electron chi connectivity index (χ4n) is 3.91. The van der Waals surface area contributed by atoms with Crippen molar-refractivity contribution in [1.29, 1.82) is 0 Å².